The molecule has 156 valence electrons. The van der Waals surface area contributed by atoms with Crippen molar-refractivity contribution in [2.45, 2.75) is 26.2 Å². The molecule has 1 amide bonds. The Hall–Kier alpha value is -3.81. The van der Waals surface area contributed by atoms with Gasteiger partial charge in [-0.1, -0.05) is 0 Å². The van der Waals surface area contributed by atoms with Crippen LogP contribution in [0.5, 0.6) is 0 Å². The normalized spacial score (nSPS) is 13.5. The number of aryl methyl sites for hydroxylation is 1. The van der Waals surface area contributed by atoms with Crippen LogP contribution in [0.2, 0.25) is 0 Å². The molecule has 0 saturated carbocycles. The standard InChI is InChI=1S/C23H18F2N4O2/c1-11-20-17(3-2-4-19(20)30)27-21(11)23(31)26-13-6-8-16-18(10-13)29-22(28-16)14-9-12(24)5-7-15(14)25/h5-10,27H,2-4H2,1H3,(H,26,31)(H,28,29). The summed E-state index contributed by atoms with van der Waals surface area (Å²) in [6, 6.07) is 8.20. The van der Waals surface area contributed by atoms with E-state index in [0.29, 0.717) is 40.0 Å². The zero-order chi connectivity index (χ0) is 21.7. The first-order chi connectivity index (χ1) is 14.9. The molecule has 0 spiro atoms. The Labute approximate surface area is 175 Å². The zero-order valence-corrected chi connectivity index (χ0v) is 16.6. The summed E-state index contributed by atoms with van der Waals surface area (Å²) in [5.41, 5.74) is 4.11. The van der Waals surface area contributed by atoms with E-state index < -0.39 is 11.6 Å². The molecule has 3 N–H and O–H groups in total. The molecule has 0 fully saturated rings. The van der Waals surface area contributed by atoms with E-state index in [2.05, 4.69) is 20.3 Å². The number of anilines is 1. The van der Waals surface area contributed by atoms with Gasteiger partial charge in [0.1, 0.15) is 23.2 Å². The lowest BCUT2D eigenvalue weighted by Crippen LogP contribution is -2.14. The van der Waals surface area contributed by atoms with Gasteiger partial charge in [-0.25, -0.2) is 13.8 Å². The van der Waals surface area contributed by atoms with E-state index in [1.165, 1.54) is 0 Å². The summed E-state index contributed by atoms with van der Waals surface area (Å²) in [5.74, 6) is -1.25. The molecule has 4 aromatic rings. The summed E-state index contributed by atoms with van der Waals surface area (Å²) >= 11 is 0. The lowest BCUT2D eigenvalue weighted by atomic mass is 9.94. The Morgan fingerprint density at radius 3 is 2.74 bits per heavy atom. The number of Topliss-reactive ketones (excluding diaryl/α,β-unsaturated/α-hetero) is 1. The van der Waals surface area contributed by atoms with Gasteiger partial charge in [0.15, 0.2) is 5.78 Å². The fourth-order valence-corrected chi connectivity index (χ4v) is 4.09. The summed E-state index contributed by atoms with van der Waals surface area (Å²) < 4.78 is 27.6. The third-order valence-corrected chi connectivity index (χ3v) is 5.59. The number of imidazole rings is 1. The van der Waals surface area contributed by atoms with E-state index in [1.807, 2.05) is 0 Å². The van der Waals surface area contributed by atoms with Crippen LogP contribution in [-0.2, 0) is 6.42 Å². The van der Waals surface area contributed by atoms with E-state index in [9.17, 15) is 18.4 Å². The molecule has 0 radical (unpaired) electrons. The molecule has 31 heavy (non-hydrogen) atoms. The van der Waals surface area contributed by atoms with Crippen LogP contribution in [0.1, 0.15) is 44.9 Å². The van der Waals surface area contributed by atoms with Gasteiger partial charge in [0.2, 0.25) is 0 Å². The van der Waals surface area contributed by atoms with Gasteiger partial charge in [-0.05, 0) is 61.7 Å². The van der Waals surface area contributed by atoms with E-state index >= 15 is 0 Å². The molecular weight excluding hydrogens is 402 g/mol. The maximum atomic E-state index is 14.1. The van der Waals surface area contributed by atoms with E-state index in [-0.39, 0.29) is 23.1 Å². The van der Waals surface area contributed by atoms with Gasteiger partial charge in [-0.3, -0.25) is 9.59 Å². The maximum absolute atomic E-state index is 14.1. The average molecular weight is 420 g/mol. The van der Waals surface area contributed by atoms with Gasteiger partial charge in [0.25, 0.3) is 5.91 Å². The van der Waals surface area contributed by atoms with Gasteiger partial charge >= 0.3 is 0 Å². The van der Waals surface area contributed by atoms with Crippen molar-refractivity contribution in [2.75, 3.05) is 5.32 Å². The number of hydrogen-bond acceptors (Lipinski definition) is 3. The van der Waals surface area contributed by atoms with Crippen LogP contribution in [0.4, 0.5) is 14.5 Å². The fourth-order valence-electron chi connectivity index (χ4n) is 4.09. The quantitative estimate of drug-likeness (QED) is 0.440. The minimum atomic E-state index is -0.588. The van der Waals surface area contributed by atoms with Crippen LogP contribution in [0.3, 0.4) is 0 Å². The molecule has 1 aliphatic rings. The first-order valence-electron chi connectivity index (χ1n) is 9.92. The lowest BCUT2D eigenvalue weighted by molar-refractivity contribution is 0.0971. The van der Waals surface area contributed by atoms with Crippen molar-refractivity contribution in [3.63, 3.8) is 0 Å². The summed E-state index contributed by atoms with van der Waals surface area (Å²) in [5, 5.41) is 2.82. The van der Waals surface area contributed by atoms with Gasteiger partial charge in [-0.15, -0.1) is 0 Å². The van der Waals surface area contributed by atoms with Crippen molar-refractivity contribution >= 4 is 28.4 Å². The number of nitrogens with zero attached hydrogens (tertiary/aromatic N) is 1. The number of amides is 1. The van der Waals surface area contributed by atoms with Crippen molar-refractivity contribution in [2.24, 2.45) is 0 Å². The number of carbonyl (C=O) groups excluding carboxylic acids is 2. The van der Waals surface area contributed by atoms with Crippen molar-refractivity contribution < 1.29 is 18.4 Å². The second-order valence-electron chi connectivity index (χ2n) is 7.65. The minimum absolute atomic E-state index is 0.0269. The number of aromatic amines is 2. The number of halogens is 2. The number of benzene rings is 2. The van der Waals surface area contributed by atoms with Crippen molar-refractivity contribution in [3.05, 3.63) is 70.5 Å². The van der Waals surface area contributed by atoms with E-state index in [1.54, 1.807) is 25.1 Å². The number of aromatic nitrogens is 3. The number of hydrogen-bond donors (Lipinski definition) is 3. The number of fused-ring (bicyclic) bond motifs is 2. The predicted molar refractivity (Wildman–Crippen MR) is 112 cm³/mol. The van der Waals surface area contributed by atoms with Crippen LogP contribution in [0, 0.1) is 18.6 Å². The molecule has 2 aromatic carbocycles. The SMILES string of the molecule is Cc1c(C(=O)Nc2ccc3nc(-c4cc(F)ccc4F)[nH]c3c2)[nH]c2c1C(=O)CCC2. The third-order valence-electron chi connectivity index (χ3n) is 5.59. The Kier molecular flexibility index (Phi) is 4.43. The van der Waals surface area contributed by atoms with Crippen LogP contribution >= 0.6 is 0 Å². The van der Waals surface area contributed by atoms with Gasteiger partial charge in [0, 0.05) is 23.4 Å². The van der Waals surface area contributed by atoms with E-state index in [0.717, 1.165) is 36.7 Å². The van der Waals surface area contributed by atoms with Gasteiger partial charge < -0.3 is 15.3 Å². The lowest BCUT2D eigenvalue weighted by Gasteiger charge is -2.09. The average Bonchev–Trinajstić information content (AvgIpc) is 3.31. The number of ketones is 1. The smallest absolute Gasteiger partial charge is 0.272 e. The van der Waals surface area contributed by atoms with Crippen LogP contribution in [0.25, 0.3) is 22.4 Å². The highest BCUT2D eigenvalue weighted by atomic mass is 19.1. The fraction of sp³-hybridized carbons (Fsp3) is 0.174. The maximum Gasteiger partial charge on any atom is 0.272 e. The largest absolute Gasteiger partial charge is 0.354 e. The molecule has 2 heterocycles. The topological polar surface area (TPSA) is 90.6 Å². The molecule has 6 nitrogen and oxygen atoms in total. The highest BCUT2D eigenvalue weighted by molar-refractivity contribution is 6.08. The first kappa shape index (κ1) is 19.2. The van der Waals surface area contributed by atoms with Gasteiger partial charge in [0.05, 0.1) is 16.6 Å². The zero-order valence-electron chi connectivity index (χ0n) is 16.6. The number of carbonyl (C=O) groups is 2. The monoisotopic (exact) mass is 420 g/mol. The highest BCUT2D eigenvalue weighted by Crippen LogP contribution is 2.28. The van der Waals surface area contributed by atoms with Crippen LogP contribution < -0.4 is 5.32 Å². The molecule has 5 rings (SSSR count). The second-order valence-corrected chi connectivity index (χ2v) is 7.65. The number of H-pyrrole nitrogens is 2. The molecule has 2 aromatic heterocycles. The summed E-state index contributed by atoms with van der Waals surface area (Å²) in [6.07, 6.45) is 2.02. The summed E-state index contributed by atoms with van der Waals surface area (Å²) in [6.45, 7) is 1.77. The molecule has 0 unspecified atom stereocenters. The molecule has 0 aliphatic heterocycles. The Morgan fingerprint density at radius 1 is 1.10 bits per heavy atom. The number of rotatable bonds is 3. The Bertz CT molecular complexity index is 1370. The van der Waals surface area contributed by atoms with Crippen molar-refractivity contribution in [1.82, 2.24) is 15.0 Å². The molecule has 0 bridgehead atoms. The molecule has 0 atom stereocenters. The number of nitrogens with one attached hydrogen (secondary N) is 3. The van der Waals surface area contributed by atoms with Crippen LogP contribution in [-0.4, -0.2) is 26.6 Å². The van der Waals surface area contributed by atoms with Crippen molar-refractivity contribution in [3.8, 4) is 11.4 Å². The molecule has 1 aliphatic carbocycles. The minimum Gasteiger partial charge on any atom is -0.354 e. The second kappa shape index (κ2) is 7.16. The highest BCUT2D eigenvalue weighted by Gasteiger charge is 2.26. The Morgan fingerprint density at radius 2 is 1.94 bits per heavy atom. The van der Waals surface area contributed by atoms with Gasteiger partial charge in [-0.2, -0.15) is 0 Å². The Balaban J connectivity index is 1.44. The summed E-state index contributed by atoms with van der Waals surface area (Å²) in [4.78, 5) is 35.4. The molecular formula is C23H18F2N4O2. The summed E-state index contributed by atoms with van der Waals surface area (Å²) in [7, 11) is 0. The van der Waals surface area contributed by atoms with E-state index in [4.69, 9.17) is 0 Å². The molecule has 8 heteroatoms. The van der Waals surface area contributed by atoms with Crippen LogP contribution in [0.15, 0.2) is 36.4 Å². The molecule has 0 saturated heterocycles. The first-order valence-corrected chi connectivity index (χ1v) is 9.92. The predicted octanol–water partition coefficient (Wildman–Crippen LogP) is 4.92. The van der Waals surface area contributed by atoms with Crippen molar-refractivity contribution in [1.29, 1.82) is 0 Å². The third kappa shape index (κ3) is 3.30.